The van der Waals surface area contributed by atoms with Crippen LogP contribution >= 0.6 is 34.7 Å². The smallest absolute Gasteiger partial charge is 0.192 e. The molecule has 0 aliphatic rings. The number of aromatic nitrogens is 4. The Morgan fingerprint density at radius 2 is 1.90 bits per heavy atom. The number of thioether (sulfide) groups is 1. The van der Waals surface area contributed by atoms with Crippen LogP contribution in [0.4, 0.5) is 5.69 Å². The second-order valence-corrected chi connectivity index (χ2v) is 9.27. The summed E-state index contributed by atoms with van der Waals surface area (Å²) in [6.45, 7) is 4.54. The normalized spacial score (nSPS) is 10.9. The predicted molar refractivity (Wildman–Crippen MR) is 132 cm³/mol. The number of hydrogen-bond acceptors (Lipinski definition) is 6. The van der Waals surface area contributed by atoms with E-state index in [9.17, 15) is 0 Å². The van der Waals surface area contributed by atoms with Gasteiger partial charge in [0.25, 0.3) is 0 Å². The lowest BCUT2D eigenvalue weighted by atomic mass is 10.2. The highest BCUT2D eigenvalue weighted by Crippen LogP contribution is 2.32. The Morgan fingerprint density at radius 1 is 1.13 bits per heavy atom. The van der Waals surface area contributed by atoms with E-state index in [2.05, 4.69) is 55.9 Å². The Labute approximate surface area is 195 Å². The zero-order valence-corrected chi connectivity index (χ0v) is 19.7. The standard InChI is InChI=1S/C23H22ClN5S2/c1-4-13-29-21(16-9-11-18(12-10-16)28(2)3)26-27-23(29)31-15-17-14-30-22(25-17)19-7-5-6-8-20(19)24/h4-12,14H,1,13,15H2,2-3H3. The fourth-order valence-electron chi connectivity index (χ4n) is 3.08. The number of allylic oxidation sites excluding steroid dienone is 1. The molecule has 0 saturated carbocycles. The topological polar surface area (TPSA) is 46.8 Å². The molecule has 8 heteroatoms. The minimum Gasteiger partial charge on any atom is -0.378 e. The average molecular weight is 468 g/mol. The van der Waals surface area contributed by atoms with E-state index in [1.165, 1.54) is 0 Å². The summed E-state index contributed by atoms with van der Waals surface area (Å²) in [6.07, 6.45) is 1.86. The van der Waals surface area contributed by atoms with Crippen molar-refractivity contribution in [3.8, 4) is 22.0 Å². The van der Waals surface area contributed by atoms with Gasteiger partial charge in [-0.3, -0.25) is 4.57 Å². The Morgan fingerprint density at radius 3 is 2.61 bits per heavy atom. The summed E-state index contributed by atoms with van der Waals surface area (Å²) in [6, 6.07) is 16.1. The van der Waals surface area contributed by atoms with Crippen molar-refractivity contribution in [3.63, 3.8) is 0 Å². The Hall–Kier alpha value is -2.61. The van der Waals surface area contributed by atoms with Gasteiger partial charge >= 0.3 is 0 Å². The third-order valence-corrected chi connectivity index (χ3v) is 6.93. The number of benzene rings is 2. The second kappa shape index (κ2) is 9.68. The third kappa shape index (κ3) is 4.84. The minimum atomic E-state index is 0.641. The molecule has 0 aliphatic heterocycles. The zero-order valence-electron chi connectivity index (χ0n) is 17.3. The average Bonchev–Trinajstić information content (AvgIpc) is 3.40. The van der Waals surface area contributed by atoms with Crippen LogP contribution in [0.15, 0.2) is 71.7 Å². The Kier molecular flexibility index (Phi) is 6.75. The van der Waals surface area contributed by atoms with Gasteiger partial charge in [0.2, 0.25) is 0 Å². The summed E-state index contributed by atoms with van der Waals surface area (Å²) in [4.78, 5) is 6.83. The molecule has 158 valence electrons. The number of nitrogens with zero attached hydrogens (tertiary/aromatic N) is 5. The first-order chi connectivity index (χ1) is 15.1. The molecule has 0 atom stereocenters. The SMILES string of the molecule is C=CCn1c(SCc2csc(-c3ccccc3Cl)n2)nnc1-c1ccc(N(C)C)cc1. The maximum Gasteiger partial charge on any atom is 0.192 e. The molecule has 2 heterocycles. The largest absolute Gasteiger partial charge is 0.378 e. The number of halogens is 1. The van der Waals surface area contributed by atoms with E-state index in [1.54, 1.807) is 23.1 Å². The lowest BCUT2D eigenvalue weighted by Crippen LogP contribution is -2.08. The van der Waals surface area contributed by atoms with Crippen molar-refractivity contribution in [1.82, 2.24) is 19.7 Å². The van der Waals surface area contributed by atoms with Gasteiger partial charge in [-0.05, 0) is 30.3 Å². The van der Waals surface area contributed by atoms with Crippen LogP contribution in [-0.4, -0.2) is 33.8 Å². The van der Waals surface area contributed by atoms with Gasteiger partial charge in [0.15, 0.2) is 11.0 Å². The number of thiazole rings is 1. The second-order valence-electron chi connectivity index (χ2n) is 7.06. The highest BCUT2D eigenvalue weighted by atomic mass is 35.5. The summed E-state index contributed by atoms with van der Waals surface area (Å²) < 4.78 is 2.09. The van der Waals surface area contributed by atoms with Crippen LogP contribution in [-0.2, 0) is 12.3 Å². The van der Waals surface area contributed by atoms with Crippen LogP contribution in [0.3, 0.4) is 0 Å². The summed E-state index contributed by atoms with van der Waals surface area (Å²) in [5.74, 6) is 1.54. The van der Waals surface area contributed by atoms with Crippen molar-refractivity contribution in [2.24, 2.45) is 0 Å². The van der Waals surface area contributed by atoms with E-state index < -0.39 is 0 Å². The molecule has 31 heavy (non-hydrogen) atoms. The third-order valence-electron chi connectivity index (χ3n) is 4.68. The molecule has 5 nitrogen and oxygen atoms in total. The van der Waals surface area contributed by atoms with Crippen LogP contribution < -0.4 is 4.90 Å². The van der Waals surface area contributed by atoms with E-state index in [0.29, 0.717) is 17.3 Å². The lowest BCUT2D eigenvalue weighted by Gasteiger charge is -2.13. The molecular weight excluding hydrogens is 446 g/mol. The quantitative estimate of drug-likeness (QED) is 0.226. The van der Waals surface area contributed by atoms with E-state index in [-0.39, 0.29) is 0 Å². The number of hydrogen-bond donors (Lipinski definition) is 0. The van der Waals surface area contributed by atoms with Gasteiger partial charge in [0.1, 0.15) is 5.01 Å². The zero-order chi connectivity index (χ0) is 21.8. The van der Waals surface area contributed by atoms with E-state index in [0.717, 1.165) is 38.5 Å². The van der Waals surface area contributed by atoms with Crippen LogP contribution in [0.5, 0.6) is 0 Å². The highest BCUT2D eigenvalue weighted by Gasteiger charge is 2.15. The van der Waals surface area contributed by atoms with Crippen molar-refractivity contribution in [3.05, 3.63) is 77.3 Å². The van der Waals surface area contributed by atoms with Gasteiger partial charge in [-0.25, -0.2) is 4.98 Å². The molecule has 0 fully saturated rings. The minimum absolute atomic E-state index is 0.641. The molecule has 0 spiro atoms. The van der Waals surface area contributed by atoms with Gasteiger partial charge < -0.3 is 4.90 Å². The molecule has 4 aromatic rings. The summed E-state index contributed by atoms with van der Waals surface area (Å²) in [7, 11) is 4.05. The maximum absolute atomic E-state index is 6.31. The van der Waals surface area contributed by atoms with Gasteiger partial charge in [-0.1, -0.05) is 47.6 Å². The van der Waals surface area contributed by atoms with Crippen molar-refractivity contribution >= 4 is 40.4 Å². The molecule has 0 N–H and O–H groups in total. The number of rotatable bonds is 8. The molecule has 2 aromatic carbocycles. The maximum atomic E-state index is 6.31. The molecule has 0 radical (unpaired) electrons. The highest BCUT2D eigenvalue weighted by molar-refractivity contribution is 7.98. The molecule has 0 unspecified atom stereocenters. The van der Waals surface area contributed by atoms with Crippen LogP contribution in [0.25, 0.3) is 22.0 Å². The molecular formula is C23H22ClN5S2. The van der Waals surface area contributed by atoms with Gasteiger partial charge in [0, 0.05) is 48.6 Å². The van der Waals surface area contributed by atoms with Crippen molar-refractivity contribution in [2.45, 2.75) is 17.5 Å². The van der Waals surface area contributed by atoms with Crippen molar-refractivity contribution < 1.29 is 0 Å². The van der Waals surface area contributed by atoms with Gasteiger partial charge in [-0.2, -0.15) is 0 Å². The van der Waals surface area contributed by atoms with Crippen molar-refractivity contribution in [2.75, 3.05) is 19.0 Å². The van der Waals surface area contributed by atoms with Gasteiger partial charge in [-0.15, -0.1) is 28.1 Å². The fraction of sp³-hybridized carbons (Fsp3) is 0.174. The first kappa shape index (κ1) is 21.6. The molecule has 0 bridgehead atoms. The summed E-state index contributed by atoms with van der Waals surface area (Å²) >= 11 is 9.53. The Bertz CT molecular complexity index is 1180. The summed E-state index contributed by atoms with van der Waals surface area (Å²) in [5, 5.41) is 13.4. The Balaban J connectivity index is 1.53. The summed E-state index contributed by atoms with van der Waals surface area (Å²) in [5.41, 5.74) is 4.13. The molecule has 0 aliphatic carbocycles. The van der Waals surface area contributed by atoms with Crippen LogP contribution in [0, 0.1) is 0 Å². The molecule has 2 aromatic heterocycles. The fourth-order valence-corrected chi connectivity index (χ4v) is 5.17. The molecule has 0 amide bonds. The van der Waals surface area contributed by atoms with Crippen LogP contribution in [0.2, 0.25) is 5.02 Å². The van der Waals surface area contributed by atoms with E-state index >= 15 is 0 Å². The van der Waals surface area contributed by atoms with E-state index in [1.807, 2.05) is 44.4 Å². The monoisotopic (exact) mass is 467 g/mol. The molecule has 4 rings (SSSR count). The molecule has 0 saturated heterocycles. The lowest BCUT2D eigenvalue weighted by molar-refractivity contribution is 0.731. The van der Waals surface area contributed by atoms with E-state index in [4.69, 9.17) is 16.6 Å². The van der Waals surface area contributed by atoms with Crippen LogP contribution in [0.1, 0.15) is 5.69 Å². The van der Waals surface area contributed by atoms with Gasteiger partial charge in [0.05, 0.1) is 10.7 Å². The number of anilines is 1. The first-order valence-corrected chi connectivity index (χ1v) is 11.9. The first-order valence-electron chi connectivity index (χ1n) is 9.70. The predicted octanol–water partition coefficient (Wildman–Crippen LogP) is 6.27. The van der Waals surface area contributed by atoms with Crippen molar-refractivity contribution in [1.29, 1.82) is 0 Å².